The molecule has 2 aromatic heterocycles. The van der Waals surface area contributed by atoms with Crippen LogP contribution in [0.5, 0.6) is 0 Å². The van der Waals surface area contributed by atoms with E-state index in [4.69, 9.17) is 11.6 Å². The summed E-state index contributed by atoms with van der Waals surface area (Å²) in [6.45, 7) is 3.12. The van der Waals surface area contributed by atoms with Crippen LogP contribution in [-0.2, 0) is 6.54 Å². The van der Waals surface area contributed by atoms with Gasteiger partial charge in [0.25, 0.3) is 5.56 Å². The number of hydrogen-bond acceptors (Lipinski definition) is 3. The Bertz CT molecular complexity index is 820. The number of rotatable bonds is 4. The minimum atomic E-state index is -0.0315. The van der Waals surface area contributed by atoms with Crippen molar-refractivity contribution in [1.82, 2.24) is 14.2 Å². The number of nitrogens with one attached hydrogen (secondary N) is 1. The molecule has 1 N–H and O–H groups in total. The molecular weight excluding hydrogens is 288 g/mol. The lowest BCUT2D eigenvalue weighted by molar-refractivity contribution is 0.688. The number of nitrogens with zero attached hydrogens (tertiary/aromatic N) is 3. The first-order valence-electron chi connectivity index (χ1n) is 6.68. The first-order valence-corrected chi connectivity index (χ1v) is 7.06. The predicted octanol–water partition coefficient (Wildman–Crippen LogP) is 2.57. The van der Waals surface area contributed by atoms with E-state index in [-0.39, 0.29) is 5.56 Å². The van der Waals surface area contributed by atoms with E-state index in [0.29, 0.717) is 23.6 Å². The van der Waals surface area contributed by atoms with Gasteiger partial charge in [-0.05, 0) is 37.3 Å². The molecule has 0 aliphatic heterocycles. The molecule has 0 atom stereocenters. The Kier molecular flexibility index (Phi) is 3.66. The zero-order valence-corrected chi connectivity index (χ0v) is 12.3. The summed E-state index contributed by atoms with van der Waals surface area (Å²) in [5.74, 6) is 0. The van der Waals surface area contributed by atoms with Gasteiger partial charge in [0.2, 0.25) is 0 Å². The van der Waals surface area contributed by atoms with Crippen molar-refractivity contribution in [3.63, 3.8) is 0 Å². The van der Waals surface area contributed by atoms with Gasteiger partial charge in [0.1, 0.15) is 5.52 Å². The third-order valence-corrected chi connectivity index (χ3v) is 3.50. The molecule has 108 valence electrons. The fraction of sp³-hybridized carbons (Fsp3) is 0.200. The Morgan fingerprint density at radius 3 is 2.76 bits per heavy atom. The molecule has 0 aliphatic rings. The number of halogens is 1. The van der Waals surface area contributed by atoms with Crippen molar-refractivity contribution in [3.8, 4) is 0 Å². The zero-order valence-electron chi connectivity index (χ0n) is 11.6. The maximum absolute atomic E-state index is 12.3. The molecule has 0 fully saturated rings. The molecular formula is C15H15ClN4O. The van der Waals surface area contributed by atoms with Gasteiger partial charge in [0.05, 0.1) is 5.69 Å². The summed E-state index contributed by atoms with van der Waals surface area (Å²) in [4.78, 5) is 12.3. The molecule has 0 spiro atoms. The SMILES string of the molecule is Cc1cc2c(=O)n(CCNc3ccc(Cl)cc3)ccn2n1. The van der Waals surface area contributed by atoms with Crippen molar-refractivity contribution in [1.29, 1.82) is 0 Å². The number of hydrogen-bond donors (Lipinski definition) is 1. The fourth-order valence-corrected chi connectivity index (χ4v) is 2.34. The fourth-order valence-electron chi connectivity index (χ4n) is 2.21. The minimum Gasteiger partial charge on any atom is -0.383 e. The van der Waals surface area contributed by atoms with Crippen LogP contribution in [0.4, 0.5) is 5.69 Å². The summed E-state index contributed by atoms with van der Waals surface area (Å²) in [6.07, 6.45) is 3.55. The van der Waals surface area contributed by atoms with E-state index >= 15 is 0 Å². The summed E-state index contributed by atoms with van der Waals surface area (Å²) in [7, 11) is 0. The van der Waals surface area contributed by atoms with Crippen molar-refractivity contribution < 1.29 is 0 Å². The highest BCUT2D eigenvalue weighted by Gasteiger charge is 2.04. The van der Waals surface area contributed by atoms with E-state index in [1.165, 1.54) is 0 Å². The van der Waals surface area contributed by atoms with Crippen LogP contribution in [0.15, 0.2) is 47.5 Å². The van der Waals surface area contributed by atoms with Gasteiger partial charge in [-0.3, -0.25) is 4.79 Å². The molecule has 0 unspecified atom stereocenters. The van der Waals surface area contributed by atoms with Crippen LogP contribution in [0.1, 0.15) is 5.69 Å². The van der Waals surface area contributed by atoms with E-state index in [1.807, 2.05) is 31.2 Å². The average Bonchev–Trinajstić information content (AvgIpc) is 2.85. The highest BCUT2D eigenvalue weighted by Crippen LogP contribution is 2.12. The van der Waals surface area contributed by atoms with Crippen LogP contribution < -0.4 is 10.9 Å². The number of aryl methyl sites for hydroxylation is 1. The molecule has 0 radical (unpaired) electrons. The molecule has 0 saturated heterocycles. The van der Waals surface area contributed by atoms with Crippen LogP contribution in [0.2, 0.25) is 5.02 Å². The second-order valence-corrected chi connectivity index (χ2v) is 5.28. The lowest BCUT2D eigenvalue weighted by atomic mass is 10.3. The van der Waals surface area contributed by atoms with Gasteiger partial charge in [-0.25, -0.2) is 4.52 Å². The molecule has 0 bridgehead atoms. The highest BCUT2D eigenvalue weighted by molar-refractivity contribution is 6.30. The largest absolute Gasteiger partial charge is 0.383 e. The Hall–Kier alpha value is -2.27. The molecule has 3 rings (SSSR count). The first-order chi connectivity index (χ1) is 10.1. The topological polar surface area (TPSA) is 51.3 Å². The minimum absolute atomic E-state index is 0.0315. The Balaban J connectivity index is 1.72. The van der Waals surface area contributed by atoms with Gasteiger partial charge in [-0.1, -0.05) is 11.6 Å². The van der Waals surface area contributed by atoms with Gasteiger partial charge in [0, 0.05) is 36.2 Å². The van der Waals surface area contributed by atoms with Crippen LogP contribution in [0.3, 0.4) is 0 Å². The van der Waals surface area contributed by atoms with Gasteiger partial charge in [0.15, 0.2) is 0 Å². The summed E-state index contributed by atoms with van der Waals surface area (Å²) >= 11 is 5.84. The Morgan fingerprint density at radius 1 is 1.24 bits per heavy atom. The molecule has 0 amide bonds. The Morgan fingerprint density at radius 2 is 2.00 bits per heavy atom. The third kappa shape index (κ3) is 2.92. The highest BCUT2D eigenvalue weighted by atomic mass is 35.5. The van der Waals surface area contributed by atoms with Crippen LogP contribution in [0.25, 0.3) is 5.52 Å². The zero-order chi connectivity index (χ0) is 14.8. The number of aromatic nitrogens is 3. The first kappa shape index (κ1) is 13.7. The monoisotopic (exact) mass is 302 g/mol. The average molecular weight is 303 g/mol. The predicted molar refractivity (Wildman–Crippen MR) is 84.1 cm³/mol. The van der Waals surface area contributed by atoms with Crippen molar-refractivity contribution in [2.24, 2.45) is 0 Å². The van der Waals surface area contributed by atoms with Gasteiger partial charge in [-0.15, -0.1) is 0 Å². The Labute approximate surface area is 126 Å². The lowest BCUT2D eigenvalue weighted by Gasteiger charge is -2.08. The van der Waals surface area contributed by atoms with Crippen LogP contribution >= 0.6 is 11.6 Å². The van der Waals surface area contributed by atoms with Crippen LogP contribution in [-0.4, -0.2) is 20.7 Å². The molecule has 0 aliphatic carbocycles. The van der Waals surface area contributed by atoms with Gasteiger partial charge < -0.3 is 9.88 Å². The van der Waals surface area contributed by atoms with E-state index in [1.54, 1.807) is 27.5 Å². The summed E-state index contributed by atoms with van der Waals surface area (Å²) in [5.41, 5.74) is 2.38. The van der Waals surface area contributed by atoms with E-state index in [9.17, 15) is 4.79 Å². The lowest BCUT2D eigenvalue weighted by Crippen LogP contribution is -2.24. The summed E-state index contributed by atoms with van der Waals surface area (Å²) in [6, 6.07) is 9.28. The standard InChI is InChI=1S/C15H15ClN4O/c1-11-10-14-15(21)19(8-9-20(14)18-11)7-6-17-13-4-2-12(16)3-5-13/h2-5,8-10,17H,6-7H2,1H3. The van der Waals surface area contributed by atoms with Gasteiger partial charge >= 0.3 is 0 Å². The molecule has 6 heteroatoms. The number of fused-ring (bicyclic) bond motifs is 1. The molecule has 21 heavy (non-hydrogen) atoms. The number of benzene rings is 1. The normalized spacial score (nSPS) is 11.0. The van der Waals surface area contributed by atoms with Crippen molar-refractivity contribution in [2.75, 3.05) is 11.9 Å². The van der Waals surface area contributed by atoms with Crippen molar-refractivity contribution in [2.45, 2.75) is 13.5 Å². The maximum Gasteiger partial charge on any atom is 0.276 e. The molecule has 1 aromatic carbocycles. The van der Waals surface area contributed by atoms with Crippen molar-refractivity contribution >= 4 is 22.8 Å². The summed E-state index contributed by atoms with van der Waals surface area (Å²) < 4.78 is 3.29. The molecule has 3 aromatic rings. The smallest absolute Gasteiger partial charge is 0.276 e. The van der Waals surface area contributed by atoms with Crippen molar-refractivity contribution in [3.05, 3.63) is 63.8 Å². The number of anilines is 1. The molecule has 0 saturated carbocycles. The second-order valence-electron chi connectivity index (χ2n) is 4.85. The summed E-state index contributed by atoms with van der Waals surface area (Å²) in [5, 5.41) is 8.19. The quantitative estimate of drug-likeness (QED) is 0.806. The van der Waals surface area contributed by atoms with E-state index in [0.717, 1.165) is 11.4 Å². The van der Waals surface area contributed by atoms with Gasteiger partial charge in [-0.2, -0.15) is 5.10 Å². The third-order valence-electron chi connectivity index (χ3n) is 3.25. The van der Waals surface area contributed by atoms with Crippen LogP contribution in [0, 0.1) is 6.92 Å². The van der Waals surface area contributed by atoms with E-state index < -0.39 is 0 Å². The second kappa shape index (κ2) is 5.61. The van der Waals surface area contributed by atoms with E-state index in [2.05, 4.69) is 10.4 Å². The molecule has 2 heterocycles. The molecule has 5 nitrogen and oxygen atoms in total. The maximum atomic E-state index is 12.3.